The van der Waals surface area contributed by atoms with Gasteiger partial charge in [0.1, 0.15) is 36.2 Å². The molecule has 47 heavy (non-hydrogen) atoms. The maximum Gasteiger partial charge on any atom is 0.397 e. The Morgan fingerprint density at radius 3 is 2.38 bits per heavy atom. The molecule has 19 nitrogen and oxygen atoms in total. The predicted molar refractivity (Wildman–Crippen MR) is 155 cm³/mol. The number of nitrogens with zero attached hydrogens (tertiary/aromatic N) is 4. The molecule has 3 aliphatic heterocycles. The summed E-state index contributed by atoms with van der Waals surface area (Å²) in [5.74, 6) is -0.768. The van der Waals surface area contributed by atoms with Crippen molar-refractivity contribution in [3.63, 3.8) is 0 Å². The Morgan fingerprint density at radius 2 is 1.77 bits per heavy atom. The smallest absolute Gasteiger partial charge is 0.388 e. The molecule has 270 valence electrons. The summed E-state index contributed by atoms with van der Waals surface area (Å²) in [4.78, 5) is 20.0. The highest BCUT2D eigenvalue weighted by Crippen LogP contribution is 2.35. The Bertz CT molecular complexity index is 1280. The molecule has 4 rings (SSSR count). The van der Waals surface area contributed by atoms with E-state index in [1.54, 1.807) is 17.8 Å². The van der Waals surface area contributed by atoms with E-state index in [0.29, 0.717) is 18.7 Å². The van der Waals surface area contributed by atoms with E-state index < -0.39 is 78.2 Å². The Kier molecular flexibility index (Phi) is 12.8. The highest BCUT2D eigenvalue weighted by atomic mass is 32.3. The van der Waals surface area contributed by atoms with Crippen molar-refractivity contribution in [3.05, 3.63) is 11.9 Å². The number of carbonyl (C=O) groups is 1. The average Bonchev–Trinajstić information content (AvgIpc) is 3.66. The van der Waals surface area contributed by atoms with Crippen LogP contribution in [-0.4, -0.2) is 140 Å². The molecule has 0 radical (unpaired) electrons. The fourth-order valence-corrected chi connectivity index (χ4v) is 6.46. The molecule has 0 spiro atoms. The number of carbonyl (C=O) groups excluding carboxylic acids is 1. The molecule has 3 aliphatic rings. The molecule has 1 aromatic rings. The Morgan fingerprint density at radius 1 is 1.06 bits per heavy atom. The first kappa shape index (κ1) is 38.0. The van der Waals surface area contributed by atoms with Crippen molar-refractivity contribution in [1.82, 2.24) is 19.9 Å². The van der Waals surface area contributed by atoms with E-state index in [0.717, 1.165) is 0 Å². The van der Waals surface area contributed by atoms with Crippen LogP contribution < -0.4 is 0 Å². The van der Waals surface area contributed by atoms with Crippen LogP contribution in [0.25, 0.3) is 0 Å². The fraction of sp³-hybridized carbons (Fsp3) is 0.889. The number of hydrogen-bond acceptors (Lipinski definition) is 17. The topological polar surface area (TPSA) is 251 Å². The third-order valence-electron chi connectivity index (χ3n) is 8.79. The van der Waals surface area contributed by atoms with Crippen LogP contribution in [0.2, 0.25) is 0 Å². The summed E-state index contributed by atoms with van der Waals surface area (Å²) in [5, 5.41) is 52.3. The van der Waals surface area contributed by atoms with E-state index in [2.05, 4.69) is 24.4 Å². The molecule has 12 atom stereocenters. The lowest BCUT2D eigenvalue weighted by atomic mass is 9.91. The summed E-state index contributed by atoms with van der Waals surface area (Å²) < 4.78 is 61.4. The van der Waals surface area contributed by atoms with Gasteiger partial charge in [0.05, 0.1) is 37.6 Å². The monoisotopic (exact) mass is 698 g/mol. The number of Topliss-reactive ketones (excluding diaryl/α,β-unsaturated/α-hetero) is 1. The number of aromatic nitrogens is 3. The molecule has 3 fully saturated rings. The van der Waals surface area contributed by atoms with Gasteiger partial charge in [0, 0.05) is 24.4 Å². The van der Waals surface area contributed by atoms with Gasteiger partial charge in [-0.25, -0.2) is 14.1 Å². The summed E-state index contributed by atoms with van der Waals surface area (Å²) in [5.41, 5.74) is 0.410. The molecule has 20 heteroatoms. The van der Waals surface area contributed by atoms with Gasteiger partial charge in [0.15, 0.2) is 24.5 Å². The van der Waals surface area contributed by atoms with Crippen LogP contribution in [0.3, 0.4) is 0 Å². The van der Waals surface area contributed by atoms with E-state index in [1.165, 1.54) is 6.92 Å². The third kappa shape index (κ3) is 9.08. The largest absolute Gasteiger partial charge is 0.397 e. The van der Waals surface area contributed by atoms with E-state index in [1.807, 2.05) is 27.7 Å². The minimum atomic E-state index is -4.94. The zero-order valence-electron chi connectivity index (χ0n) is 27.0. The van der Waals surface area contributed by atoms with Crippen LogP contribution in [0.15, 0.2) is 6.20 Å². The van der Waals surface area contributed by atoms with Crippen molar-refractivity contribution in [2.24, 2.45) is 11.8 Å². The van der Waals surface area contributed by atoms with E-state index in [9.17, 15) is 28.5 Å². The minimum Gasteiger partial charge on any atom is -0.388 e. The van der Waals surface area contributed by atoms with E-state index in [-0.39, 0.29) is 36.4 Å². The molecule has 0 bridgehead atoms. The first-order valence-corrected chi connectivity index (χ1v) is 16.8. The summed E-state index contributed by atoms with van der Waals surface area (Å²) in [7, 11) is -4.94. The lowest BCUT2D eigenvalue weighted by Gasteiger charge is -2.46. The van der Waals surface area contributed by atoms with Crippen LogP contribution in [0, 0.1) is 11.8 Å². The van der Waals surface area contributed by atoms with Crippen LogP contribution >= 0.6 is 0 Å². The van der Waals surface area contributed by atoms with E-state index >= 15 is 0 Å². The summed E-state index contributed by atoms with van der Waals surface area (Å²) in [6.07, 6.45) is -10.3. The normalized spacial score (nSPS) is 37.2. The number of hydrogen-bond donors (Lipinski definition) is 5. The van der Waals surface area contributed by atoms with Crippen molar-refractivity contribution in [1.29, 1.82) is 0 Å². The lowest BCUT2D eigenvalue weighted by Crippen LogP contribution is -2.62. The Hall–Kier alpha value is -1.76. The maximum atomic E-state index is 12.9. The van der Waals surface area contributed by atoms with Gasteiger partial charge in [0.25, 0.3) is 0 Å². The first-order chi connectivity index (χ1) is 22.0. The number of ether oxygens (including phenoxy) is 4. The molecule has 0 aromatic carbocycles. The number of ketones is 1. The number of aliphatic hydroxyl groups is 3. The van der Waals surface area contributed by atoms with Crippen LogP contribution in [-0.2, 0) is 54.9 Å². The van der Waals surface area contributed by atoms with E-state index in [4.69, 9.17) is 33.6 Å². The van der Waals surface area contributed by atoms with Crippen molar-refractivity contribution >= 4 is 16.2 Å². The molecule has 4 heterocycles. The van der Waals surface area contributed by atoms with Crippen molar-refractivity contribution in [2.45, 2.75) is 128 Å². The van der Waals surface area contributed by atoms with Crippen LogP contribution in [0.4, 0.5) is 0 Å². The summed E-state index contributed by atoms with van der Waals surface area (Å²) in [6.45, 7) is 10.5. The second-order valence-corrected chi connectivity index (χ2v) is 13.9. The van der Waals surface area contributed by atoms with Gasteiger partial charge in [-0.3, -0.25) is 14.2 Å². The predicted octanol–water partition coefficient (Wildman–Crippen LogP) is -0.773. The quantitative estimate of drug-likeness (QED) is 0.0908. The van der Waals surface area contributed by atoms with Gasteiger partial charge in [-0.15, -0.1) is 5.10 Å². The number of likely N-dealkylation sites (tertiary alicyclic amines) is 1. The number of rotatable bonds is 14. The fourth-order valence-electron chi connectivity index (χ4n) is 6.16. The maximum absolute atomic E-state index is 12.9. The molecule has 3 saturated heterocycles. The third-order valence-corrected chi connectivity index (χ3v) is 9.22. The second-order valence-electron chi connectivity index (χ2n) is 12.8. The molecular weight excluding hydrogens is 652 g/mol. The molecule has 0 aliphatic carbocycles. The SMILES string of the molecule is CC(C)C(=O)[C@@H]1C[C@@H](n2cc(CO[C@@H]3OC(COS(=O)(=O)O)[C@H](OOO)[C@H](O[C@@H]4OC(C)[C@@H](O)[C@H](O)C4O)C3C)nn2)CN1C(C)C. The average molecular weight is 699 g/mol. The van der Waals surface area contributed by atoms with Crippen molar-refractivity contribution in [3.8, 4) is 0 Å². The van der Waals surface area contributed by atoms with Gasteiger partial charge in [-0.1, -0.05) is 31.0 Å². The molecule has 0 amide bonds. The van der Waals surface area contributed by atoms with Crippen molar-refractivity contribution in [2.75, 3.05) is 13.2 Å². The Balaban J connectivity index is 1.50. The number of aliphatic hydroxyl groups excluding tert-OH is 3. The Labute approximate surface area is 272 Å². The highest BCUT2D eigenvalue weighted by Gasteiger charge is 2.51. The molecule has 4 unspecified atom stereocenters. The van der Waals surface area contributed by atoms with Gasteiger partial charge < -0.3 is 34.3 Å². The lowest BCUT2D eigenvalue weighted by molar-refractivity contribution is -0.528. The van der Waals surface area contributed by atoms with Gasteiger partial charge in [-0.2, -0.15) is 13.3 Å². The van der Waals surface area contributed by atoms with Gasteiger partial charge >= 0.3 is 10.4 Å². The van der Waals surface area contributed by atoms with Crippen LogP contribution in [0.1, 0.15) is 59.7 Å². The zero-order valence-corrected chi connectivity index (χ0v) is 27.8. The molecular formula is C27H46N4O15S. The van der Waals surface area contributed by atoms with Gasteiger partial charge in [-0.05, 0) is 27.2 Å². The zero-order chi connectivity index (χ0) is 34.8. The second kappa shape index (κ2) is 15.9. The van der Waals surface area contributed by atoms with Crippen LogP contribution in [0.5, 0.6) is 0 Å². The standard InChI is InChI=1S/C27H46N4O15S/c1-12(2)20(32)18-7-17(9-30(18)13(3)4)31-8-16(28-29-31)10-40-26-14(5)24(44-27-23(35)22(34)21(33)15(6)42-27)25(45-46-36)19(43-26)11-41-47(37,38)39/h8,12-15,17-19,21-27,33-36H,7,9-11H2,1-6H3,(H,37,38,39)/t14?,15?,17-,18+,19?,21-,22+,23?,24-,25+,26-,27+/m1/s1. The summed E-state index contributed by atoms with van der Waals surface area (Å²) >= 11 is 0. The molecule has 1 aromatic heterocycles. The molecule has 5 N–H and O–H groups in total. The molecule has 0 saturated carbocycles. The first-order valence-electron chi connectivity index (χ1n) is 15.4. The summed E-state index contributed by atoms with van der Waals surface area (Å²) in [6, 6.07) is -0.195. The highest BCUT2D eigenvalue weighted by molar-refractivity contribution is 7.80. The minimum absolute atomic E-state index is 0.106. The van der Waals surface area contributed by atoms with Gasteiger partial charge in [0.2, 0.25) is 0 Å². The van der Waals surface area contributed by atoms with Crippen molar-refractivity contribution < 1.29 is 71.4 Å².